The third-order valence-electron chi connectivity index (χ3n) is 18.9. The molecule has 0 radical (unpaired) electrons. The van der Waals surface area contributed by atoms with E-state index in [1.165, 1.54) is 77.5 Å². The van der Waals surface area contributed by atoms with Crippen molar-refractivity contribution < 1.29 is 4.42 Å². The lowest BCUT2D eigenvalue weighted by Gasteiger charge is -2.47. The van der Waals surface area contributed by atoms with Gasteiger partial charge in [-0.1, -0.05) is 216 Å². The van der Waals surface area contributed by atoms with Gasteiger partial charge in [-0.3, -0.25) is 4.90 Å². The second-order valence-electron chi connectivity index (χ2n) is 31.1. The zero-order chi connectivity index (χ0) is 59.3. The van der Waals surface area contributed by atoms with Gasteiger partial charge in [0.1, 0.15) is 5.58 Å². The summed E-state index contributed by atoms with van der Waals surface area (Å²) in [5.41, 5.74) is 25.1. The summed E-state index contributed by atoms with van der Waals surface area (Å²) < 4.78 is 7.57. The van der Waals surface area contributed by atoms with Crippen LogP contribution in [-0.4, -0.2) is 6.71 Å². The van der Waals surface area contributed by atoms with Gasteiger partial charge in [-0.25, -0.2) is 0 Å². The smallest absolute Gasteiger partial charge is 0.257 e. The van der Waals surface area contributed by atoms with Gasteiger partial charge in [0.15, 0.2) is 0 Å². The Labute approximate surface area is 498 Å². The largest absolute Gasteiger partial charge is 0.440 e. The van der Waals surface area contributed by atoms with Crippen LogP contribution in [0.1, 0.15) is 183 Å². The Morgan fingerprint density at radius 1 is 0.410 bits per heavy atom. The fourth-order valence-electron chi connectivity index (χ4n) is 13.5. The summed E-state index contributed by atoms with van der Waals surface area (Å²) in [5.74, 6) is 0.877. The van der Waals surface area contributed by atoms with Gasteiger partial charge in [-0.05, 0) is 185 Å². The summed E-state index contributed by atoms with van der Waals surface area (Å²) in [6.45, 7) is 44.5. The quantitative estimate of drug-likeness (QED) is 0.155. The van der Waals surface area contributed by atoms with Crippen molar-refractivity contribution in [3.05, 3.63) is 203 Å². The standard InChI is InChI=1S/C78H88BN3O/c1-72(2,3)50-25-33-55(34-26-50)80(56-35-27-51(28-36-56)73(4,5)6)58-45-66-70-67(46-58)82(64-39-31-53(75(10,11)12)43-59(64)49-23-21-20-22-24-49)65-48-62-61(77(16,17)41-42-78(62,18)19)47-63(65)79(70)69-60-44-54(76(13,14)15)32-40-68(60)83-71(69)81(66)57-37-29-52(30-38-57)74(7,8)9/h20-40,43-48H,41-42H2,1-19H3. The zero-order valence-electron chi connectivity index (χ0n) is 53.3. The molecule has 4 nitrogen and oxygen atoms in total. The highest BCUT2D eigenvalue weighted by molar-refractivity contribution is 7.01. The molecule has 0 spiro atoms. The number of hydrogen-bond donors (Lipinski definition) is 0. The van der Waals surface area contributed by atoms with E-state index in [9.17, 15) is 0 Å². The lowest BCUT2D eigenvalue weighted by molar-refractivity contribution is 0.332. The molecule has 5 heteroatoms. The van der Waals surface area contributed by atoms with Crippen molar-refractivity contribution in [2.24, 2.45) is 0 Å². The first-order chi connectivity index (χ1) is 38.8. The SMILES string of the molecule is CC(C)(C)c1ccc(N(c2ccc(C(C)(C)C)cc2)c2cc3c4c(c2)N(c2ccc(C(C)(C)C)cc2)c2oc5ccc(C(C)(C)C)cc5c2B4c2cc4c(cc2N3c2ccc(C(C)(C)C)cc2-c2ccccc2)C(C)(C)CCC4(C)C)cc1. The molecule has 3 heterocycles. The van der Waals surface area contributed by atoms with Crippen molar-refractivity contribution in [3.8, 4) is 11.1 Å². The number of furan rings is 1. The maximum Gasteiger partial charge on any atom is 0.257 e. The summed E-state index contributed by atoms with van der Waals surface area (Å²) in [6.07, 6.45) is 2.23. The van der Waals surface area contributed by atoms with Crippen molar-refractivity contribution >= 4 is 85.5 Å². The molecule has 1 aliphatic carbocycles. The number of fused-ring (bicyclic) bond motifs is 7. The van der Waals surface area contributed by atoms with Crippen LogP contribution in [-0.2, 0) is 37.9 Å². The van der Waals surface area contributed by atoms with E-state index in [0.717, 1.165) is 64.1 Å². The highest BCUT2D eigenvalue weighted by Gasteiger charge is 2.49. The number of hydrogen-bond acceptors (Lipinski definition) is 4. The molecule has 0 saturated carbocycles. The number of benzene rings is 8. The predicted molar refractivity (Wildman–Crippen MR) is 359 cm³/mol. The van der Waals surface area contributed by atoms with Gasteiger partial charge in [-0.15, -0.1) is 0 Å². The lowest BCUT2D eigenvalue weighted by Crippen LogP contribution is -2.61. The Hall–Kier alpha value is -7.24. The Morgan fingerprint density at radius 2 is 0.867 bits per heavy atom. The molecule has 3 aliphatic rings. The monoisotopic (exact) mass is 1090 g/mol. The maximum atomic E-state index is 7.57. The molecule has 0 N–H and O–H groups in total. The minimum absolute atomic E-state index is 0.0143. The van der Waals surface area contributed by atoms with E-state index < -0.39 is 0 Å². The first kappa shape index (κ1) is 56.3. The van der Waals surface area contributed by atoms with Gasteiger partial charge >= 0.3 is 0 Å². The molecular formula is C78H88BN3O. The second kappa shape index (κ2) is 19.1. The molecule has 0 amide bonds. The summed E-state index contributed by atoms with van der Waals surface area (Å²) in [7, 11) is 0. The molecule has 83 heavy (non-hydrogen) atoms. The molecule has 0 atom stereocenters. The third kappa shape index (κ3) is 9.72. The zero-order valence-corrected chi connectivity index (χ0v) is 53.3. The van der Waals surface area contributed by atoms with E-state index >= 15 is 0 Å². The summed E-state index contributed by atoms with van der Waals surface area (Å²) in [4.78, 5) is 7.68. The van der Waals surface area contributed by atoms with Gasteiger partial charge in [0.2, 0.25) is 5.88 Å². The molecule has 1 aromatic heterocycles. The van der Waals surface area contributed by atoms with Crippen molar-refractivity contribution in [2.75, 3.05) is 14.7 Å². The van der Waals surface area contributed by atoms with Crippen LogP contribution in [0, 0.1) is 0 Å². The van der Waals surface area contributed by atoms with Crippen LogP contribution in [0.5, 0.6) is 0 Å². The van der Waals surface area contributed by atoms with Crippen LogP contribution in [0.2, 0.25) is 0 Å². The van der Waals surface area contributed by atoms with Gasteiger partial charge in [0.05, 0.1) is 11.4 Å². The molecule has 0 bridgehead atoms. The lowest BCUT2D eigenvalue weighted by atomic mass is 9.33. The van der Waals surface area contributed by atoms with Gasteiger partial charge in [-0.2, -0.15) is 0 Å². The number of nitrogens with zero attached hydrogens (tertiary/aromatic N) is 3. The van der Waals surface area contributed by atoms with Crippen LogP contribution >= 0.6 is 0 Å². The van der Waals surface area contributed by atoms with Crippen molar-refractivity contribution in [2.45, 2.75) is 182 Å². The van der Waals surface area contributed by atoms with E-state index in [1.807, 2.05) is 0 Å². The Bertz CT molecular complexity index is 3920. The van der Waals surface area contributed by atoms with E-state index in [-0.39, 0.29) is 44.6 Å². The maximum absolute atomic E-state index is 7.57. The molecule has 2 aliphatic heterocycles. The molecule has 0 unspecified atom stereocenters. The average molecular weight is 1090 g/mol. The summed E-state index contributed by atoms with van der Waals surface area (Å²) in [6, 6.07) is 63.8. The molecule has 424 valence electrons. The highest BCUT2D eigenvalue weighted by atomic mass is 16.4. The molecule has 9 aromatic rings. The van der Waals surface area contributed by atoms with Crippen molar-refractivity contribution in [1.29, 1.82) is 0 Å². The Morgan fingerprint density at radius 3 is 1.39 bits per heavy atom. The molecule has 0 fully saturated rings. The fourth-order valence-corrected chi connectivity index (χ4v) is 13.5. The Balaban J connectivity index is 1.28. The fraction of sp³-hybridized carbons (Fsp3) is 0.359. The van der Waals surface area contributed by atoms with Crippen LogP contribution in [0.3, 0.4) is 0 Å². The predicted octanol–water partition coefficient (Wildman–Crippen LogP) is 20.5. The molecule has 0 saturated heterocycles. The van der Waals surface area contributed by atoms with Crippen LogP contribution in [0.4, 0.5) is 51.4 Å². The highest BCUT2D eigenvalue weighted by Crippen LogP contribution is 2.54. The first-order valence-electron chi connectivity index (χ1n) is 30.7. The molecular weight excluding hydrogens is 1010 g/mol. The Kier molecular flexibility index (Phi) is 13.0. The van der Waals surface area contributed by atoms with Crippen molar-refractivity contribution in [1.82, 2.24) is 0 Å². The van der Waals surface area contributed by atoms with E-state index in [1.54, 1.807) is 0 Å². The van der Waals surface area contributed by atoms with E-state index in [0.29, 0.717) is 0 Å². The minimum Gasteiger partial charge on any atom is -0.440 e. The van der Waals surface area contributed by atoms with Gasteiger partial charge in [0, 0.05) is 50.5 Å². The normalized spacial score (nSPS) is 15.7. The van der Waals surface area contributed by atoms with Crippen LogP contribution < -0.4 is 31.1 Å². The number of rotatable bonds is 6. The van der Waals surface area contributed by atoms with E-state index in [4.69, 9.17) is 4.42 Å². The van der Waals surface area contributed by atoms with Crippen LogP contribution in [0.25, 0.3) is 22.1 Å². The molecule has 12 rings (SSSR count). The third-order valence-corrected chi connectivity index (χ3v) is 18.9. The van der Waals surface area contributed by atoms with Gasteiger partial charge < -0.3 is 14.2 Å². The topological polar surface area (TPSA) is 22.9 Å². The first-order valence-corrected chi connectivity index (χ1v) is 30.7. The second-order valence-corrected chi connectivity index (χ2v) is 31.1. The summed E-state index contributed by atoms with van der Waals surface area (Å²) in [5, 5.41) is 1.17. The van der Waals surface area contributed by atoms with E-state index in [2.05, 4.69) is 310 Å². The van der Waals surface area contributed by atoms with Crippen molar-refractivity contribution in [3.63, 3.8) is 0 Å². The molecule has 8 aromatic carbocycles. The average Bonchev–Trinajstić information content (AvgIpc) is 3.38. The number of anilines is 9. The van der Waals surface area contributed by atoms with Crippen LogP contribution in [0.15, 0.2) is 168 Å². The summed E-state index contributed by atoms with van der Waals surface area (Å²) >= 11 is 0. The van der Waals surface area contributed by atoms with Gasteiger partial charge in [0.25, 0.3) is 6.71 Å². The minimum atomic E-state index is -0.178.